The number of aliphatic hydroxyl groups is 1. The molecule has 0 atom stereocenters. The Balaban J connectivity index is 1.86. The first-order valence-corrected chi connectivity index (χ1v) is 7.73. The Morgan fingerprint density at radius 3 is 2.17 bits per heavy atom. The van der Waals surface area contributed by atoms with Crippen LogP contribution in [0.25, 0.3) is 0 Å². The first-order valence-electron chi connectivity index (χ1n) is 7.73. The van der Waals surface area contributed by atoms with Gasteiger partial charge in [-0.2, -0.15) is 0 Å². The zero-order valence-electron chi connectivity index (χ0n) is 13.0. The van der Waals surface area contributed by atoms with E-state index >= 15 is 0 Å². The summed E-state index contributed by atoms with van der Waals surface area (Å²) in [4.78, 5) is 6.50. The second-order valence-electron chi connectivity index (χ2n) is 5.54. The van der Waals surface area contributed by atoms with E-state index in [0.29, 0.717) is 0 Å². The minimum Gasteiger partial charge on any atom is -0.392 e. The van der Waals surface area contributed by atoms with Crippen molar-refractivity contribution in [3.8, 4) is 0 Å². The van der Waals surface area contributed by atoms with Crippen LogP contribution in [-0.2, 0) is 13.0 Å². The molecular weight excluding hydrogens is 284 g/mol. The number of nitrogens with zero attached hydrogens (tertiary/aromatic N) is 2. The Morgan fingerprint density at radius 1 is 0.870 bits per heavy atom. The van der Waals surface area contributed by atoms with Gasteiger partial charge in [-0.25, -0.2) is 0 Å². The predicted octanol–water partition coefficient (Wildman–Crippen LogP) is 3.53. The highest BCUT2D eigenvalue weighted by molar-refractivity contribution is 5.79. The lowest BCUT2D eigenvalue weighted by atomic mass is 10.1. The van der Waals surface area contributed by atoms with Gasteiger partial charge in [0.15, 0.2) is 0 Å². The summed E-state index contributed by atoms with van der Waals surface area (Å²) < 4.78 is 0. The van der Waals surface area contributed by atoms with E-state index in [2.05, 4.69) is 34.2 Å². The Morgan fingerprint density at radius 2 is 1.52 bits per heavy atom. The van der Waals surface area contributed by atoms with E-state index < -0.39 is 0 Å². The smallest absolute Gasteiger partial charge is 0.0711 e. The lowest BCUT2D eigenvalue weighted by Gasteiger charge is -2.23. The molecule has 0 amide bonds. The number of hydrogen-bond acceptors (Lipinski definition) is 3. The average molecular weight is 304 g/mol. The fourth-order valence-corrected chi connectivity index (χ4v) is 2.57. The van der Waals surface area contributed by atoms with E-state index in [1.807, 2.05) is 48.8 Å². The summed E-state index contributed by atoms with van der Waals surface area (Å²) in [6, 6.07) is 20.7. The van der Waals surface area contributed by atoms with E-state index in [1.54, 1.807) is 6.21 Å². The van der Waals surface area contributed by atoms with Crippen molar-refractivity contribution in [2.24, 2.45) is 4.99 Å². The van der Waals surface area contributed by atoms with Gasteiger partial charge in [-0.15, -0.1) is 0 Å². The molecule has 3 nitrogen and oxygen atoms in total. The third-order valence-electron chi connectivity index (χ3n) is 3.76. The maximum Gasteiger partial charge on any atom is 0.0711 e. The Kier molecular flexibility index (Phi) is 5.02. The van der Waals surface area contributed by atoms with Gasteiger partial charge in [-0.3, -0.25) is 4.99 Å². The molecule has 0 radical (unpaired) electrons. The number of benzene rings is 2. The van der Waals surface area contributed by atoms with Crippen molar-refractivity contribution in [1.29, 1.82) is 0 Å². The van der Waals surface area contributed by atoms with Crippen molar-refractivity contribution < 1.29 is 5.11 Å². The van der Waals surface area contributed by atoms with Gasteiger partial charge in [-0.1, -0.05) is 60.7 Å². The maximum atomic E-state index is 9.47. The number of allylic oxidation sites excluding steroid dienone is 1. The van der Waals surface area contributed by atoms with Gasteiger partial charge < -0.3 is 10.0 Å². The third-order valence-corrected chi connectivity index (χ3v) is 3.76. The summed E-state index contributed by atoms with van der Waals surface area (Å²) in [5.74, 6) is 0. The highest BCUT2D eigenvalue weighted by Gasteiger charge is 2.12. The largest absolute Gasteiger partial charge is 0.392 e. The maximum absolute atomic E-state index is 9.47. The monoisotopic (exact) mass is 304 g/mol. The summed E-state index contributed by atoms with van der Waals surface area (Å²) in [5, 5.41) is 9.47. The highest BCUT2D eigenvalue weighted by Crippen LogP contribution is 2.19. The lowest BCUT2D eigenvalue weighted by Crippen LogP contribution is -2.18. The van der Waals surface area contributed by atoms with Crippen molar-refractivity contribution in [2.75, 3.05) is 6.61 Å². The Hall–Kier alpha value is -2.65. The van der Waals surface area contributed by atoms with Gasteiger partial charge in [0.2, 0.25) is 0 Å². The van der Waals surface area contributed by atoms with Gasteiger partial charge in [0.05, 0.1) is 6.61 Å². The van der Waals surface area contributed by atoms with Gasteiger partial charge in [0.1, 0.15) is 0 Å². The third kappa shape index (κ3) is 4.18. The van der Waals surface area contributed by atoms with Gasteiger partial charge in [0.25, 0.3) is 0 Å². The van der Waals surface area contributed by atoms with Crippen LogP contribution >= 0.6 is 0 Å². The number of rotatable bonds is 5. The molecule has 0 bridgehead atoms. The molecule has 23 heavy (non-hydrogen) atoms. The fraction of sp³-hybridized carbons (Fsp3) is 0.150. The molecule has 116 valence electrons. The van der Waals surface area contributed by atoms with Gasteiger partial charge in [-0.05, 0) is 11.1 Å². The molecule has 2 aromatic carbocycles. The number of aliphatic imine (C=N–C) groups is 1. The molecular formula is C20H20N2O. The van der Waals surface area contributed by atoms with Crippen LogP contribution < -0.4 is 0 Å². The lowest BCUT2D eigenvalue weighted by molar-refractivity contribution is 0.333. The van der Waals surface area contributed by atoms with Crippen molar-refractivity contribution in [3.05, 3.63) is 95.5 Å². The molecule has 1 N–H and O–H groups in total. The molecule has 1 aliphatic rings. The van der Waals surface area contributed by atoms with Gasteiger partial charge in [0, 0.05) is 42.9 Å². The first-order chi connectivity index (χ1) is 11.3. The molecule has 3 heteroatoms. The molecule has 1 aliphatic heterocycles. The molecule has 0 aromatic heterocycles. The zero-order valence-corrected chi connectivity index (χ0v) is 13.0. The second-order valence-corrected chi connectivity index (χ2v) is 5.54. The van der Waals surface area contributed by atoms with E-state index in [1.165, 1.54) is 11.1 Å². The first kappa shape index (κ1) is 15.3. The van der Waals surface area contributed by atoms with Crippen molar-refractivity contribution in [3.63, 3.8) is 0 Å². The topological polar surface area (TPSA) is 35.8 Å². The van der Waals surface area contributed by atoms with Crippen LogP contribution in [0.1, 0.15) is 11.1 Å². The SMILES string of the molecule is OCC1=CN(Cc2ccccc2)C(Cc2ccccc2)=CN=C1. The van der Waals surface area contributed by atoms with Crippen LogP contribution in [0, 0.1) is 0 Å². The van der Waals surface area contributed by atoms with Crippen LogP contribution in [0.15, 0.2) is 89.3 Å². The Labute approximate surface area is 136 Å². The Bertz CT molecular complexity index is 718. The van der Waals surface area contributed by atoms with Crippen molar-refractivity contribution >= 4 is 6.21 Å². The molecule has 0 unspecified atom stereocenters. The molecule has 1 heterocycles. The normalized spacial score (nSPS) is 14.2. The van der Waals surface area contributed by atoms with E-state index in [0.717, 1.165) is 24.2 Å². The van der Waals surface area contributed by atoms with Crippen molar-refractivity contribution in [2.45, 2.75) is 13.0 Å². The van der Waals surface area contributed by atoms with E-state index in [9.17, 15) is 5.11 Å². The van der Waals surface area contributed by atoms with Crippen LogP contribution in [0.5, 0.6) is 0 Å². The minimum absolute atomic E-state index is 0.0127. The van der Waals surface area contributed by atoms with Gasteiger partial charge >= 0.3 is 0 Å². The molecule has 0 saturated carbocycles. The van der Waals surface area contributed by atoms with Crippen LogP contribution in [0.3, 0.4) is 0 Å². The predicted molar refractivity (Wildman–Crippen MR) is 93.9 cm³/mol. The average Bonchev–Trinajstić information content (AvgIpc) is 2.79. The summed E-state index contributed by atoms with van der Waals surface area (Å²) in [7, 11) is 0. The fourth-order valence-electron chi connectivity index (χ4n) is 2.57. The molecule has 0 spiro atoms. The van der Waals surface area contributed by atoms with Crippen LogP contribution in [0.4, 0.5) is 0 Å². The molecule has 0 saturated heterocycles. The summed E-state index contributed by atoms with van der Waals surface area (Å²) >= 11 is 0. The second kappa shape index (κ2) is 7.56. The quantitative estimate of drug-likeness (QED) is 0.917. The summed E-state index contributed by atoms with van der Waals surface area (Å²) in [5.41, 5.74) is 4.38. The summed E-state index contributed by atoms with van der Waals surface area (Å²) in [6.07, 6.45) is 6.39. The highest BCUT2D eigenvalue weighted by atomic mass is 16.3. The number of aliphatic hydroxyl groups excluding tert-OH is 1. The summed E-state index contributed by atoms with van der Waals surface area (Å²) in [6.45, 7) is 0.744. The standard InChI is InChI=1S/C20H20N2O/c23-16-19-12-21-13-20(11-17-7-3-1-4-8-17)22(15-19)14-18-9-5-2-6-10-18/h1-10,12-13,15,23H,11,14,16H2. The van der Waals surface area contributed by atoms with Crippen LogP contribution in [0.2, 0.25) is 0 Å². The molecule has 3 rings (SSSR count). The van der Waals surface area contributed by atoms with E-state index in [4.69, 9.17) is 0 Å². The number of hydrogen-bond donors (Lipinski definition) is 1. The molecule has 2 aromatic rings. The zero-order chi connectivity index (χ0) is 15.9. The van der Waals surface area contributed by atoms with Crippen LogP contribution in [-0.4, -0.2) is 22.8 Å². The molecule has 0 aliphatic carbocycles. The van der Waals surface area contributed by atoms with Crippen molar-refractivity contribution in [1.82, 2.24) is 4.90 Å². The molecule has 0 fully saturated rings. The minimum atomic E-state index is -0.0127. The van der Waals surface area contributed by atoms with E-state index in [-0.39, 0.29) is 6.61 Å².